The molecule has 2 nitrogen and oxygen atoms in total. The van der Waals surface area contributed by atoms with Crippen LogP contribution in [0.4, 0.5) is 0 Å². The quantitative estimate of drug-likeness (QED) is 0.451. The van der Waals surface area contributed by atoms with Gasteiger partial charge in [-0.05, 0) is 35.7 Å². The molecule has 1 atom stereocenters. The van der Waals surface area contributed by atoms with Crippen LogP contribution in [-0.4, -0.2) is 6.54 Å². The normalized spacial score (nSPS) is 12.1. The van der Waals surface area contributed by atoms with Crippen molar-refractivity contribution in [1.29, 1.82) is 0 Å². The Hall–Kier alpha value is -1.52. The Morgan fingerprint density at radius 1 is 1.00 bits per heavy atom. The molecule has 3 rings (SSSR count). The number of thiophene rings is 1. The first-order chi connectivity index (χ1) is 12.2. The van der Waals surface area contributed by atoms with Gasteiger partial charge in [-0.3, -0.25) is 0 Å². The van der Waals surface area contributed by atoms with Crippen molar-refractivity contribution >= 4 is 34.5 Å². The number of ether oxygens (including phenoxy) is 1. The molecule has 1 aromatic heterocycles. The highest BCUT2D eigenvalue weighted by atomic mass is 35.5. The standard InChI is InChI=1S/C20H19Cl2NOS/c21-16-8-9-18(22)20(13-16)24-19(15-5-2-1-3-6-15)10-11-23-14-17-7-4-12-25-17/h1-9,12-13,19,23H,10-11,14H2/t19-/m1/s1. The minimum Gasteiger partial charge on any atom is -0.484 e. The van der Waals surface area contributed by atoms with Gasteiger partial charge in [-0.1, -0.05) is 59.6 Å². The summed E-state index contributed by atoms with van der Waals surface area (Å²) in [5.74, 6) is 0.612. The van der Waals surface area contributed by atoms with Gasteiger partial charge in [0.25, 0.3) is 0 Å². The fourth-order valence-electron chi connectivity index (χ4n) is 2.54. The molecule has 0 saturated carbocycles. The lowest BCUT2D eigenvalue weighted by Gasteiger charge is -2.21. The van der Waals surface area contributed by atoms with E-state index in [9.17, 15) is 0 Å². The van der Waals surface area contributed by atoms with Gasteiger partial charge in [0, 0.05) is 28.9 Å². The van der Waals surface area contributed by atoms with E-state index in [-0.39, 0.29) is 6.10 Å². The van der Waals surface area contributed by atoms with E-state index in [1.807, 2.05) is 18.2 Å². The molecule has 130 valence electrons. The van der Waals surface area contributed by atoms with E-state index in [2.05, 4.69) is 35.0 Å². The molecule has 0 spiro atoms. The number of rotatable bonds is 8. The van der Waals surface area contributed by atoms with Gasteiger partial charge in [0.05, 0.1) is 5.02 Å². The molecule has 0 unspecified atom stereocenters. The van der Waals surface area contributed by atoms with Crippen LogP contribution in [0.2, 0.25) is 10.0 Å². The zero-order valence-electron chi connectivity index (χ0n) is 13.6. The third-order valence-electron chi connectivity index (χ3n) is 3.80. The van der Waals surface area contributed by atoms with E-state index in [1.165, 1.54) is 4.88 Å². The fourth-order valence-corrected chi connectivity index (χ4v) is 3.54. The molecule has 5 heteroatoms. The average Bonchev–Trinajstić information content (AvgIpc) is 3.15. The molecule has 0 aliphatic rings. The minimum absolute atomic E-state index is 0.0898. The van der Waals surface area contributed by atoms with Crippen molar-refractivity contribution < 1.29 is 4.74 Å². The van der Waals surface area contributed by atoms with Crippen molar-refractivity contribution in [1.82, 2.24) is 5.32 Å². The predicted octanol–water partition coefficient (Wildman–Crippen LogP) is 6.35. The maximum atomic E-state index is 6.26. The summed E-state index contributed by atoms with van der Waals surface area (Å²) >= 11 is 14.1. The highest BCUT2D eigenvalue weighted by molar-refractivity contribution is 7.09. The summed E-state index contributed by atoms with van der Waals surface area (Å²) in [7, 11) is 0. The van der Waals surface area contributed by atoms with E-state index < -0.39 is 0 Å². The largest absolute Gasteiger partial charge is 0.484 e. The van der Waals surface area contributed by atoms with Crippen LogP contribution in [0.25, 0.3) is 0 Å². The third kappa shape index (κ3) is 5.48. The Morgan fingerprint density at radius 2 is 1.84 bits per heavy atom. The average molecular weight is 392 g/mol. The molecule has 0 fully saturated rings. The molecule has 25 heavy (non-hydrogen) atoms. The number of hydrogen-bond donors (Lipinski definition) is 1. The van der Waals surface area contributed by atoms with Crippen LogP contribution < -0.4 is 10.1 Å². The summed E-state index contributed by atoms with van der Waals surface area (Å²) in [6.45, 7) is 1.72. The van der Waals surface area contributed by atoms with Gasteiger partial charge in [-0.2, -0.15) is 0 Å². The van der Waals surface area contributed by atoms with Gasteiger partial charge in [0.2, 0.25) is 0 Å². The Morgan fingerprint density at radius 3 is 2.60 bits per heavy atom. The van der Waals surface area contributed by atoms with Crippen molar-refractivity contribution in [3.63, 3.8) is 0 Å². The maximum absolute atomic E-state index is 6.26. The first-order valence-electron chi connectivity index (χ1n) is 8.12. The second-order valence-corrected chi connectivity index (χ2v) is 7.51. The number of hydrogen-bond acceptors (Lipinski definition) is 3. The molecule has 0 aliphatic heterocycles. The fraction of sp³-hybridized carbons (Fsp3) is 0.200. The van der Waals surface area contributed by atoms with E-state index >= 15 is 0 Å². The molecule has 1 heterocycles. The lowest BCUT2D eigenvalue weighted by Crippen LogP contribution is -2.19. The number of halogens is 2. The molecule has 0 amide bonds. The molecule has 0 bridgehead atoms. The Labute approximate surface area is 162 Å². The van der Waals surface area contributed by atoms with Gasteiger partial charge < -0.3 is 10.1 Å². The Kier molecular flexibility index (Phi) is 6.76. The van der Waals surface area contributed by atoms with Crippen molar-refractivity contribution in [3.8, 4) is 5.75 Å². The van der Waals surface area contributed by atoms with Crippen LogP contribution >= 0.6 is 34.5 Å². The summed E-state index contributed by atoms with van der Waals surface area (Å²) in [4.78, 5) is 1.33. The van der Waals surface area contributed by atoms with Crippen LogP contribution in [-0.2, 0) is 6.54 Å². The first-order valence-corrected chi connectivity index (χ1v) is 9.75. The topological polar surface area (TPSA) is 21.3 Å². The van der Waals surface area contributed by atoms with Crippen molar-refractivity contribution in [2.24, 2.45) is 0 Å². The number of benzene rings is 2. The Bertz CT molecular complexity index is 778. The van der Waals surface area contributed by atoms with Crippen molar-refractivity contribution in [2.45, 2.75) is 19.1 Å². The summed E-state index contributed by atoms with van der Waals surface area (Å²) < 4.78 is 6.20. The molecule has 0 aliphatic carbocycles. The SMILES string of the molecule is Clc1ccc(Cl)c(O[C@H](CCNCc2cccs2)c2ccccc2)c1. The molecule has 3 aromatic rings. The summed E-state index contributed by atoms with van der Waals surface area (Å²) in [6.07, 6.45) is 0.742. The van der Waals surface area contributed by atoms with Gasteiger partial charge in [0.1, 0.15) is 11.9 Å². The van der Waals surface area contributed by atoms with Gasteiger partial charge >= 0.3 is 0 Å². The van der Waals surface area contributed by atoms with Crippen molar-refractivity contribution in [2.75, 3.05) is 6.54 Å². The zero-order chi connectivity index (χ0) is 17.5. The van der Waals surface area contributed by atoms with Crippen molar-refractivity contribution in [3.05, 3.63) is 86.5 Å². The van der Waals surface area contributed by atoms with E-state index in [4.69, 9.17) is 27.9 Å². The van der Waals surface area contributed by atoms with E-state index in [0.29, 0.717) is 15.8 Å². The van der Waals surface area contributed by atoms with Crippen LogP contribution in [0.3, 0.4) is 0 Å². The predicted molar refractivity (Wildman–Crippen MR) is 107 cm³/mol. The monoisotopic (exact) mass is 391 g/mol. The van der Waals surface area contributed by atoms with Gasteiger partial charge in [-0.15, -0.1) is 11.3 Å². The summed E-state index contributed by atoms with van der Waals surface area (Å²) in [5, 5.41) is 6.74. The molecule has 2 aromatic carbocycles. The molecule has 0 saturated heterocycles. The van der Waals surface area contributed by atoms with Crippen LogP contribution in [0, 0.1) is 0 Å². The smallest absolute Gasteiger partial charge is 0.140 e. The van der Waals surface area contributed by atoms with Crippen LogP contribution in [0.1, 0.15) is 23.0 Å². The zero-order valence-corrected chi connectivity index (χ0v) is 16.0. The molecule has 0 radical (unpaired) electrons. The molecular weight excluding hydrogens is 373 g/mol. The van der Waals surface area contributed by atoms with Gasteiger partial charge in [0.15, 0.2) is 0 Å². The minimum atomic E-state index is -0.0898. The second-order valence-electron chi connectivity index (χ2n) is 5.64. The van der Waals surface area contributed by atoms with Crippen LogP contribution in [0.15, 0.2) is 66.0 Å². The third-order valence-corrected chi connectivity index (χ3v) is 5.22. The number of nitrogens with one attached hydrogen (secondary N) is 1. The maximum Gasteiger partial charge on any atom is 0.140 e. The molecular formula is C20H19Cl2NOS. The summed E-state index contributed by atoms with van der Waals surface area (Å²) in [5.41, 5.74) is 1.12. The molecule has 1 N–H and O–H groups in total. The lowest BCUT2D eigenvalue weighted by molar-refractivity contribution is 0.194. The summed E-state index contributed by atoms with van der Waals surface area (Å²) in [6, 6.07) is 19.7. The highest BCUT2D eigenvalue weighted by Crippen LogP contribution is 2.32. The van der Waals surface area contributed by atoms with Gasteiger partial charge in [-0.25, -0.2) is 0 Å². The van der Waals surface area contributed by atoms with E-state index in [0.717, 1.165) is 25.1 Å². The lowest BCUT2D eigenvalue weighted by atomic mass is 10.1. The van der Waals surface area contributed by atoms with E-state index in [1.54, 1.807) is 29.5 Å². The Balaban J connectivity index is 1.66. The van der Waals surface area contributed by atoms with Crippen LogP contribution in [0.5, 0.6) is 5.75 Å². The second kappa shape index (κ2) is 9.25. The highest BCUT2D eigenvalue weighted by Gasteiger charge is 2.15. The first kappa shape index (κ1) is 18.3.